The van der Waals surface area contributed by atoms with E-state index in [2.05, 4.69) is 22.5 Å². The maximum Gasteiger partial charge on any atom is 0.220 e. The number of carbonyl (C=O) groups is 1. The van der Waals surface area contributed by atoms with Crippen LogP contribution in [0.1, 0.15) is 39.0 Å². The van der Waals surface area contributed by atoms with Gasteiger partial charge in [-0.25, -0.2) is 0 Å². The second-order valence-electron chi connectivity index (χ2n) is 5.67. The molecule has 20 heavy (non-hydrogen) atoms. The van der Waals surface area contributed by atoms with Gasteiger partial charge in [0.2, 0.25) is 5.91 Å². The first-order valence-corrected chi connectivity index (χ1v) is 7.50. The zero-order valence-electron chi connectivity index (χ0n) is 12.4. The monoisotopic (exact) mass is 325 g/mol. The SMILES string of the molecule is CCN1CCC(NC(=O)CC2CCNCC2)CC1.Cl.Cl. The molecule has 0 aromatic rings. The van der Waals surface area contributed by atoms with Crippen LogP contribution in [0.15, 0.2) is 0 Å². The lowest BCUT2D eigenvalue weighted by Gasteiger charge is -2.32. The summed E-state index contributed by atoms with van der Waals surface area (Å²) in [4.78, 5) is 14.4. The molecule has 2 aliphatic rings. The van der Waals surface area contributed by atoms with Crippen LogP contribution in [0.3, 0.4) is 0 Å². The molecule has 4 nitrogen and oxygen atoms in total. The van der Waals surface area contributed by atoms with Gasteiger partial charge in [-0.15, -0.1) is 24.8 Å². The third-order valence-electron chi connectivity index (χ3n) is 4.33. The molecule has 0 aromatic heterocycles. The first-order valence-electron chi connectivity index (χ1n) is 7.50. The van der Waals surface area contributed by atoms with Crippen molar-refractivity contribution in [1.29, 1.82) is 0 Å². The molecule has 2 N–H and O–H groups in total. The van der Waals surface area contributed by atoms with Gasteiger partial charge in [-0.05, 0) is 51.2 Å². The molecule has 0 aliphatic carbocycles. The van der Waals surface area contributed by atoms with Gasteiger partial charge in [0.1, 0.15) is 0 Å². The van der Waals surface area contributed by atoms with Crippen LogP contribution in [0.25, 0.3) is 0 Å². The molecule has 0 radical (unpaired) electrons. The number of rotatable bonds is 4. The molecule has 2 saturated heterocycles. The Morgan fingerprint density at radius 1 is 1.15 bits per heavy atom. The summed E-state index contributed by atoms with van der Waals surface area (Å²) in [7, 11) is 0. The summed E-state index contributed by atoms with van der Waals surface area (Å²) in [6.45, 7) is 7.76. The highest BCUT2D eigenvalue weighted by Gasteiger charge is 2.22. The fourth-order valence-corrected chi connectivity index (χ4v) is 3.03. The number of carbonyl (C=O) groups excluding carboxylic acids is 1. The van der Waals surface area contributed by atoms with Crippen molar-refractivity contribution < 1.29 is 4.79 Å². The van der Waals surface area contributed by atoms with E-state index in [0.717, 1.165) is 64.8 Å². The number of amides is 1. The summed E-state index contributed by atoms with van der Waals surface area (Å²) >= 11 is 0. The molecule has 0 bridgehead atoms. The number of hydrogen-bond donors (Lipinski definition) is 2. The molecule has 0 atom stereocenters. The van der Waals surface area contributed by atoms with E-state index in [9.17, 15) is 4.79 Å². The minimum Gasteiger partial charge on any atom is -0.353 e. The Kier molecular flexibility index (Phi) is 10.6. The van der Waals surface area contributed by atoms with Crippen molar-refractivity contribution in [2.45, 2.75) is 45.1 Å². The van der Waals surface area contributed by atoms with E-state index in [-0.39, 0.29) is 30.7 Å². The fraction of sp³-hybridized carbons (Fsp3) is 0.929. The van der Waals surface area contributed by atoms with Crippen molar-refractivity contribution in [2.75, 3.05) is 32.7 Å². The van der Waals surface area contributed by atoms with Gasteiger partial charge in [0.15, 0.2) is 0 Å². The number of nitrogens with zero attached hydrogens (tertiary/aromatic N) is 1. The largest absolute Gasteiger partial charge is 0.353 e. The van der Waals surface area contributed by atoms with Crippen LogP contribution in [0.4, 0.5) is 0 Å². The second-order valence-corrected chi connectivity index (χ2v) is 5.67. The van der Waals surface area contributed by atoms with Crippen molar-refractivity contribution in [3.05, 3.63) is 0 Å². The van der Waals surface area contributed by atoms with Crippen molar-refractivity contribution >= 4 is 30.7 Å². The molecule has 0 aromatic carbocycles. The van der Waals surface area contributed by atoms with E-state index in [4.69, 9.17) is 0 Å². The van der Waals surface area contributed by atoms with Gasteiger partial charge >= 0.3 is 0 Å². The van der Waals surface area contributed by atoms with E-state index in [1.165, 1.54) is 0 Å². The number of piperidine rings is 2. The predicted octanol–water partition coefficient (Wildman–Crippen LogP) is 1.82. The zero-order chi connectivity index (χ0) is 12.8. The summed E-state index contributed by atoms with van der Waals surface area (Å²) in [6.07, 6.45) is 5.27. The average molecular weight is 326 g/mol. The van der Waals surface area contributed by atoms with Gasteiger partial charge in [-0.2, -0.15) is 0 Å². The third kappa shape index (κ3) is 6.61. The van der Waals surface area contributed by atoms with Crippen LogP contribution in [-0.2, 0) is 4.79 Å². The maximum absolute atomic E-state index is 12.0. The van der Waals surface area contributed by atoms with Crippen LogP contribution in [0.5, 0.6) is 0 Å². The quantitative estimate of drug-likeness (QED) is 0.828. The van der Waals surface area contributed by atoms with Crippen molar-refractivity contribution in [1.82, 2.24) is 15.5 Å². The van der Waals surface area contributed by atoms with E-state index >= 15 is 0 Å². The summed E-state index contributed by atoms with van der Waals surface area (Å²) in [6, 6.07) is 0.419. The molecule has 2 rings (SSSR count). The highest BCUT2D eigenvalue weighted by atomic mass is 35.5. The standard InChI is InChI=1S/C14H27N3O.2ClH/c1-2-17-9-5-13(6-10-17)16-14(18)11-12-3-7-15-8-4-12;;/h12-13,15H,2-11H2,1H3,(H,16,18);2*1H. The molecular weight excluding hydrogens is 297 g/mol. The van der Waals surface area contributed by atoms with Crippen LogP contribution in [0.2, 0.25) is 0 Å². The highest BCUT2D eigenvalue weighted by molar-refractivity contribution is 5.85. The smallest absolute Gasteiger partial charge is 0.220 e. The van der Waals surface area contributed by atoms with Crippen molar-refractivity contribution in [3.63, 3.8) is 0 Å². The van der Waals surface area contributed by atoms with Crippen LogP contribution in [0, 0.1) is 5.92 Å². The van der Waals surface area contributed by atoms with Gasteiger partial charge < -0.3 is 15.5 Å². The lowest BCUT2D eigenvalue weighted by atomic mass is 9.94. The van der Waals surface area contributed by atoms with Crippen LogP contribution >= 0.6 is 24.8 Å². The normalized spacial score (nSPS) is 21.6. The van der Waals surface area contributed by atoms with Gasteiger partial charge in [0, 0.05) is 25.6 Å². The molecule has 2 aliphatic heterocycles. The molecule has 2 fully saturated rings. The highest BCUT2D eigenvalue weighted by Crippen LogP contribution is 2.16. The van der Waals surface area contributed by atoms with Gasteiger partial charge in [0.05, 0.1) is 0 Å². The Morgan fingerprint density at radius 2 is 1.75 bits per heavy atom. The Labute approximate surface area is 135 Å². The van der Waals surface area contributed by atoms with E-state index in [0.29, 0.717) is 12.0 Å². The lowest BCUT2D eigenvalue weighted by Crippen LogP contribution is -2.45. The summed E-state index contributed by atoms with van der Waals surface area (Å²) in [5.41, 5.74) is 0. The first kappa shape index (κ1) is 20.0. The van der Waals surface area contributed by atoms with Gasteiger partial charge in [0.25, 0.3) is 0 Å². The first-order chi connectivity index (χ1) is 8.78. The van der Waals surface area contributed by atoms with Crippen LogP contribution in [-0.4, -0.2) is 49.6 Å². The number of likely N-dealkylation sites (tertiary alicyclic amines) is 1. The molecule has 120 valence electrons. The molecule has 6 heteroatoms. The summed E-state index contributed by atoms with van der Waals surface area (Å²) in [5.74, 6) is 0.874. The van der Waals surface area contributed by atoms with E-state index in [1.54, 1.807) is 0 Å². The second kappa shape index (κ2) is 10.7. The summed E-state index contributed by atoms with van der Waals surface area (Å²) in [5, 5.41) is 6.57. The number of nitrogens with one attached hydrogen (secondary N) is 2. The Morgan fingerprint density at radius 3 is 2.30 bits per heavy atom. The summed E-state index contributed by atoms with van der Waals surface area (Å²) < 4.78 is 0. The van der Waals surface area contributed by atoms with Gasteiger partial charge in [-0.3, -0.25) is 4.79 Å². The molecule has 0 spiro atoms. The molecule has 2 heterocycles. The Bertz CT molecular complexity index is 265. The molecule has 0 saturated carbocycles. The number of hydrogen-bond acceptors (Lipinski definition) is 3. The Balaban J connectivity index is 0.00000180. The maximum atomic E-state index is 12.0. The minimum absolute atomic E-state index is 0. The number of halogens is 2. The zero-order valence-corrected chi connectivity index (χ0v) is 14.0. The predicted molar refractivity (Wildman–Crippen MR) is 88.0 cm³/mol. The third-order valence-corrected chi connectivity index (χ3v) is 4.33. The van der Waals surface area contributed by atoms with E-state index in [1.807, 2.05) is 0 Å². The van der Waals surface area contributed by atoms with Crippen molar-refractivity contribution in [3.8, 4) is 0 Å². The molecule has 0 unspecified atom stereocenters. The van der Waals surface area contributed by atoms with Crippen LogP contribution < -0.4 is 10.6 Å². The fourth-order valence-electron chi connectivity index (χ4n) is 3.03. The lowest BCUT2D eigenvalue weighted by molar-refractivity contribution is -0.123. The van der Waals surface area contributed by atoms with Crippen molar-refractivity contribution in [2.24, 2.45) is 5.92 Å². The van der Waals surface area contributed by atoms with E-state index < -0.39 is 0 Å². The average Bonchev–Trinajstić information content (AvgIpc) is 2.40. The minimum atomic E-state index is 0. The Hall–Kier alpha value is -0.0300. The molecular formula is C14H29Cl2N3O. The topological polar surface area (TPSA) is 44.4 Å². The molecule has 1 amide bonds. The van der Waals surface area contributed by atoms with Gasteiger partial charge in [-0.1, -0.05) is 6.92 Å².